The van der Waals surface area contributed by atoms with Gasteiger partial charge in [-0.05, 0) is 38.0 Å². The van der Waals surface area contributed by atoms with Crippen LogP contribution in [0.1, 0.15) is 16.7 Å². The third-order valence-corrected chi connectivity index (χ3v) is 3.22. The van der Waals surface area contributed by atoms with E-state index >= 15 is 0 Å². The highest BCUT2D eigenvalue weighted by molar-refractivity contribution is 5.77. The first kappa shape index (κ1) is 12.5. The minimum atomic E-state index is 0.564. The van der Waals surface area contributed by atoms with E-state index in [4.69, 9.17) is 10.5 Å². The largest absolute Gasteiger partial charge is 0.496 e. The molecule has 2 rings (SSSR count). The molecular formula is C14H19N3O. The van der Waals surface area contributed by atoms with Crippen molar-refractivity contribution in [2.45, 2.75) is 20.8 Å². The average Bonchev–Trinajstić information content (AvgIpc) is 2.54. The van der Waals surface area contributed by atoms with E-state index in [1.165, 1.54) is 5.56 Å². The molecule has 0 saturated heterocycles. The summed E-state index contributed by atoms with van der Waals surface area (Å²) in [6.45, 7) is 6.12. The van der Waals surface area contributed by atoms with E-state index < -0.39 is 0 Å². The molecule has 4 heteroatoms. The van der Waals surface area contributed by atoms with Gasteiger partial charge in [0.05, 0.1) is 12.8 Å². The first-order valence-electron chi connectivity index (χ1n) is 5.90. The Labute approximate surface area is 107 Å². The van der Waals surface area contributed by atoms with Gasteiger partial charge in [0.2, 0.25) is 0 Å². The number of hydrogen-bond acceptors (Lipinski definition) is 3. The number of aryl methyl sites for hydroxylation is 3. The molecule has 96 valence electrons. The summed E-state index contributed by atoms with van der Waals surface area (Å²) in [6.07, 6.45) is 0. The second-order valence-electron chi connectivity index (χ2n) is 4.64. The zero-order valence-electron chi connectivity index (χ0n) is 11.5. The highest BCUT2D eigenvalue weighted by Crippen LogP contribution is 2.37. The molecule has 0 spiro atoms. The topological polar surface area (TPSA) is 53.1 Å². The van der Waals surface area contributed by atoms with Crippen LogP contribution < -0.4 is 10.5 Å². The fourth-order valence-corrected chi connectivity index (χ4v) is 2.39. The Balaban J connectivity index is 2.78. The standard InChI is InChI=1S/C14H19N3O/c1-8-6-9(2)12(11(7-8)18-5)13-10(3)14(15)16-17(13)4/h6-7H,1-5H3,(H2,15,16). The van der Waals surface area contributed by atoms with Gasteiger partial charge in [-0.3, -0.25) is 4.68 Å². The predicted molar refractivity (Wildman–Crippen MR) is 73.8 cm³/mol. The number of ether oxygens (including phenoxy) is 1. The van der Waals surface area contributed by atoms with Crippen LogP contribution in [0.4, 0.5) is 5.82 Å². The molecule has 4 nitrogen and oxygen atoms in total. The van der Waals surface area contributed by atoms with E-state index in [0.717, 1.165) is 28.1 Å². The first-order chi connectivity index (χ1) is 8.45. The number of nitrogens with two attached hydrogens (primary N) is 1. The van der Waals surface area contributed by atoms with Gasteiger partial charge >= 0.3 is 0 Å². The number of nitrogen functional groups attached to an aromatic ring is 1. The second kappa shape index (κ2) is 4.37. The van der Waals surface area contributed by atoms with Gasteiger partial charge in [-0.15, -0.1) is 0 Å². The third-order valence-electron chi connectivity index (χ3n) is 3.22. The van der Waals surface area contributed by atoms with Crippen LogP contribution in [0.15, 0.2) is 12.1 Å². The number of methoxy groups -OCH3 is 1. The number of nitrogens with zero attached hydrogens (tertiary/aromatic N) is 2. The van der Waals surface area contributed by atoms with Crippen LogP contribution in [0.3, 0.4) is 0 Å². The second-order valence-corrected chi connectivity index (χ2v) is 4.64. The van der Waals surface area contributed by atoms with Crippen LogP contribution in [-0.4, -0.2) is 16.9 Å². The molecule has 1 aromatic heterocycles. The lowest BCUT2D eigenvalue weighted by molar-refractivity contribution is 0.415. The average molecular weight is 245 g/mol. The summed E-state index contributed by atoms with van der Waals surface area (Å²) in [5.74, 6) is 1.42. The normalized spacial score (nSPS) is 10.7. The molecule has 1 heterocycles. The molecule has 0 aliphatic heterocycles. The number of anilines is 1. The maximum atomic E-state index is 5.88. The Kier molecular flexibility index (Phi) is 3.03. The van der Waals surface area contributed by atoms with Crippen molar-refractivity contribution in [1.82, 2.24) is 9.78 Å². The zero-order valence-corrected chi connectivity index (χ0v) is 11.5. The Morgan fingerprint density at radius 3 is 2.39 bits per heavy atom. The van der Waals surface area contributed by atoms with Gasteiger partial charge < -0.3 is 10.5 Å². The lowest BCUT2D eigenvalue weighted by Crippen LogP contribution is -1.99. The smallest absolute Gasteiger partial charge is 0.149 e. The maximum absolute atomic E-state index is 5.88. The molecule has 2 N–H and O–H groups in total. The van der Waals surface area contributed by atoms with Crippen molar-refractivity contribution in [3.63, 3.8) is 0 Å². The summed E-state index contributed by atoms with van der Waals surface area (Å²) >= 11 is 0. The van der Waals surface area contributed by atoms with Gasteiger partial charge in [0.25, 0.3) is 0 Å². The maximum Gasteiger partial charge on any atom is 0.149 e. The Morgan fingerprint density at radius 1 is 1.22 bits per heavy atom. The van der Waals surface area contributed by atoms with Crippen molar-refractivity contribution in [2.75, 3.05) is 12.8 Å². The molecule has 0 fully saturated rings. The van der Waals surface area contributed by atoms with E-state index in [-0.39, 0.29) is 0 Å². The molecule has 0 saturated carbocycles. The molecule has 0 radical (unpaired) electrons. The first-order valence-corrected chi connectivity index (χ1v) is 5.90. The van der Waals surface area contributed by atoms with Crippen molar-refractivity contribution in [2.24, 2.45) is 7.05 Å². The Morgan fingerprint density at radius 2 is 1.89 bits per heavy atom. The molecule has 0 bridgehead atoms. The minimum absolute atomic E-state index is 0.564. The summed E-state index contributed by atoms with van der Waals surface area (Å²) in [5, 5.41) is 4.26. The van der Waals surface area contributed by atoms with Gasteiger partial charge in [-0.1, -0.05) is 6.07 Å². The predicted octanol–water partition coefficient (Wildman–Crippen LogP) is 2.60. The van der Waals surface area contributed by atoms with Gasteiger partial charge in [-0.2, -0.15) is 5.10 Å². The SMILES string of the molecule is COc1cc(C)cc(C)c1-c1c(C)c(N)nn1C. The van der Waals surface area contributed by atoms with E-state index in [0.29, 0.717) is 5.82 Å². The molecule has 0 atom stereocenters. The molecule has 0 unspecified atom stereocenters. The van der Waals surface area contributed by atoms with Gasteiger partial charge in [0, 0.05) is 18.2 Å². The number of aromatic nitrogens is 2. The van der Waals surface area contributed by atoms with Crippen molar-refractivity contribution in [3.05, 3.63) is 28.8 Å². The zero-order chi connectivity index (χ0) is 13.4. The Bertz CT molecular complexity index is 600. The highest BCUT2D eigenvalue weighted by Gasteiger charge is 2.18. The van der Waals surface area contributed by atoms with Crippen molar-refractivity contribution < 1.29 is 4.74 Å². The number of benzene rings is 1. The fraction of sp³-hybridized carbons (Fsp3) is 0.357. The van der Waals surface area contributed by atoms with Gasteiger partial charge in [-0.25, -0.2) is 0 Å². The molecule has 0 amide bonds. The molecule has 0 aliphatic carbocycles. The molecule has 0 aliphatic rings. The van der Waals surface area contributed by atoms with Crippen LogP contribution >= 0.6 is 0 Å². The fourth-order valence-electron chi connectivity index (χ4n) is 2.39. The van der Waals surface area contributed by atoms with Crippen molar-refractivity contribution in [3.8, 4) is 17.0 Å². The van der Waals surface area contributed by atoms with Crippen LogP contribution in [-0.2, 0) is 7.05 Å². The monoisotopic (exact) mass is 245 g/mol. The minimum Gasteiger partial charge on any atom is -0.496 e. The highest BCUT2D eigenvalue weighted by atomic mass is 16.5. The lowest BCUT2D eigenvalue weighted by atomic mass is 9.99. The summed E-state index contributed by atoms with van der Waals surface area (Å²) in [6, 6.07) is 4.17. The lowest BCUT2D eigenvalue weighted by Gasteiger charge is -2.14. The summed E-state index contributed by atoms with van der Waals surface area (Å²) < 4.78 is 7.31. The van der Waals surface area contributed by atoms with Crippen LogP contribution in [0.25, 0.3) is 11.3 Å². The molecular weight excluding hydrogens is 226 g/mol. The molecule has 18 heavy (non-hydrogen) atoms. The van der Waals surface area contributed by atoms with E-state index in [9.17, 15) is 0 Å². The number of rotatable bonds is 2. The third kappa shape index (κ3) is 1.83. The van der Waals surface area contributed by atoms with Crippen LogP contribution in [0, 0.1) is 20.8 Å². The van der Waals surface area contributed by atoms with E-state index in [1.807, 2.05) is 24.7 Å². The molecule has 1 aromatic carbocycles. The van der Waals surface area contributed by atoms with E-state index in [2.05, 4.69) is 25.0 Å². The van der Waals surface area contributed by atoms with Crippen LogP contribution in [0.2, 0.25) is 0 Å². The quantitative estimate of drug-likeness (QED) is 0.884. The Hall–Kier alpha value is -1.97. The van der Waals surface area contributed by atoms with Gasteiger partial charge in [0.15, 0.2) is 0 Å². The molecule has 2 aromatic rings. The summed E-state index contributed by atoms with van der Waals surface area (Å²) in [4.78, 5) is 0. The van der Waals surface area contributed by atoms with Crippen molar-refractivity contribution >= 4 is 5.82 Å². The summed E-state index contributed by atoms with van der Waals surface area (Å²) in [5.41, 5.74) is 11.3. The van der Waals surface area contributed by atoms with Crippen molar-refractivity contribution in [1.29, 1.82) is 0 Å². The van der Waals surface area contributed by atoms with E-state index in [1.54, 1.807) is 7.11 Å². The van der Waals surface area contributed by atoms with Crippen LogP contribution in [0.5, 0.6) is 5.75 Å². The summed E-state index contributed by atoms with van der Waals surface area (Å²) in [7, 11) is 3.59. The van der Waals surface area contributed by atoms with Gasteiger partial charge in [0.1, 0.15) is 11.6 Å². The number of hydrogen-bond donors (Lipinski definition) is 1.